The minimum absolute atomic E-state index is 0.200. The van der Waals surface area contributed by atoms with Gasteiger partial charge in [0, 0.05) is 12.6 Å². The van der Waals surface area contributed by atoms with Gasteiger partial charge in [0.1, 0.15) is 6.04 Å². The Morgan fingerprint density at radius 2 is 1.82 bits per heavy atom. The van der Waals surface area contributed by atoms with Gasteiger partial charge in [-0.2, -0.15) is 0 Å². The first kappa shape index (κ1) is 17.6. The van der Waals surface area contributed by atoms with Gasteiger partial charge in [-0.15, -0.1) is 0 Å². The topological polar surface area (TPSA) is 95.5 Å². The van der Waals surface area contributed by atoms with Crippen molar-refractivity contribution in [1.29, 1.82) is 0 Å². The van der Waals surface area contributed by atoms with E-state index in [2.05, 4.69) is 10.6 Å². The van der Waals surface area contributed by atoms with Gasteiger partial charge in [-0.05, 0) is 37.6 Å². The maximum Gasteiger partial charge on any atom is 0.321 e. The third-order valence-electron chi connectivity index (χ3n) is 3.11. The standard InChI is InChI=1S/C16H20N2O4/c1-11(19)7-8-15(20)18-10-13-6-4-3-5-12(13)9-14(17-2)16(21)22/h3-8,14,17H,9-10H2,1-2H3,(H,18,20)(H,21,22)/b8-7+/t14-/m0/s1. The predicted molar refractivity (Wildman–Crippen MR) is 82.3 cm³/mol. The third-order valence-corrected chi connectivity index (χ3v) is 3.11. The molecule has 0 aliphatic heterocycles. The summed E-state index contributed by atoms with van der Waals surface area (Å²) in [5.41, 5.74) is 1.69. The summed E-state index contributed by atoms with van der Waals surface area (Å²) in [5, 5.41) is 14.5. The second kappa shape index (κ2) is 8.74. The summed E-state index contributed by atoms with van der Waals surface area (Å²) in [6.07, 6.45) is 2.70. The van der Waals surface area contributed by atoms with Gasteiger partial charge in [0.25, 0.3) is 0 Å². The summed E-state index contributed by atoms with van der Waals surface area (Å²) in [6, 6.07) is 6.63. The number of likely N-dealkylation sites (N-methyl/N-ethyl adjacent to an activating group) is 1. The Labute approximate surface area is 129 Å². The van der Waals surface area contributed by atoms with Crippen molar-refractivity contribution < 1.29 is 19.5 Å². The molecule has 0 heterocycles. The Balaban J connectivity index is 2.73. The number of hydrogen-bond acceptors (Lipinski definition) is 4. The maximum absolute atomic E-state index is 11.6. The van der Waals surface area contributed by atoms with Gasteiger partial charge in [-0.25, -0.2) is 0 Å². The van der Waals surface area contributed by atoms with Crippen LogP contribution in [0.3, 0.4) is 0 Å². The number of nitrogens with one attached hydrogen (secondary N) is 2. The lowest BCUT2D eigenvalue weighted by Crippen LogP contribution is -2.36. The van der Waals surface area contributed by atoms with Crippen molar-refractivity contribution in [2.45, 2.75) is 25.9 Å². The van der Waals surface area contributed by atoms with Crippen LogP contribution in [0.2, 0.25) is 0 Å². The number of carboxylic acid groups (broad SMARTS) is 1. The molecule has 1 rings (SSSR count). The second-order valence-electron chi connectivity index (χ2n) is 4.81. The molecular formula is C16H20N2O4. The summed E-state index contributed by atoms with van der Waals surface area (Å²) in [6.45, 7) is 1.64. The Kier molecular flexibility index (Phi) is 6.98. The highest BCUT2D eigenvalue weighted by Gasteiger charge is 2.16. The number of carbonyl (C=O) groups is 3. The largest absolute Gasteiger partial charge is 0.480 e. The minimum atomic E-state index is -0.925. The van der Waals surface area contributed by atoms with Crippen LogP contribution < -0.4 is 10.6 Å². The quantitative estimate of drug-likeness (QED) is 0.613. The van der Waals surface area contributed by atoms with Gasteiger partial charge in [-0.3, -0.25) is 14.4 Å². The molecule has 1 aromatic carbocycles. The van der Waals surface area contributed by atoms with E-state index in [-0.39, 0.29) is 18.2 Å². The van der Waals surface area contributed by atoms with Crippen LogP contribution in [-0.4, -0.2) is 35.9 Å². The molecule has 3 N–H and O–H groups in total. The molecule has 118 valence electrons. The molecule has 0 aromatic heterocycles. The fourth-order valence-corrected chi connectivity index (χ4v) is 1.90. The SMILES string of the molecule is CN[C@@H](Cc1ccccc1CNC(=O)/C=C/C(C)=O)C(=O)O. The number of allylic oxidation sites excluding steroid dienone is 1. The van der Waals surface area contributed by atoms with Gasteiger partial charge >= 0.3 is 5.97 Å². The van der Waals surface area contributed by atoms with E-state index in [0.29, 0.717) is 6.42 Å². The van der Waals surface area contributed by atoms with Crippen molar-refractivity contribution in [2.75, 3.05) is 7.05 Å². The zero-order valence-corrected chi connectivity index (χ0v) is 12.6. The molecule has 0 saturated heterocycles. The van der Waals surface area contributed by atoms with E-state index < -0.39 is 12.0 Å². The number of ketones is 1. The number of benzene rings is 1. The number of amides is 1. The van der Waals surface area contributed by atoms with E-state index in [4.69, 9.17) is 5.11 Å². The van der Waals surface area contributed by atoms with E-state index >= 15 is 0 Å². The molecule has 0 spiro atoms. The summed E-state index contributed by atoms with van der Waals surface area (Å²) >= 11 is 0. The minimum Gasteiger partial charge on any atom is -0.480 e. The van der Waals surface area contributed by atoms with Crippen molar-refractivity contribution >= 4 is 17.7 Å². The Morgan fingerprint density at radius 1 is 1.18 bits per heavy atom. The summed E-state index contributed by atoms with van der Waals surface area (Å²) in [5.74, 6) is -1.49. The van der Waals surface area contributed by atoms with Crippen molar-refractivity contribution in [3.05, 3.63) is 47.5 Å². The average Bonchev–Trinajstić information content (AvgIpc) is 2.49. The first-order valence-corrected chi connectivity index (χ1v) is 6.87. The van der Waals surface area contributed by atoms with Crippen LogP contribution in [0.25, 0.3) is 0 Å². The molecule has 0 fully saturated rings. The van der Waals surface area contributed by atoms with Gasteiger partial charge in [0.2, 0.25) is 5.91 Å². The Morgan fingerprint density at radius 3 is 2.36 bits per heavy atom. The number of rotatable bonds is 8. The van der Waals surface area contributed by atoms with Gasteiger partial charge in [0.05, 0.1) is 0 Å². The number of carbonyl (C=O) groups excluding carboxylic acids is 2. The fraction of sp³-hybridized carbons (Fsp3) is 0.312. The van der Waals surface area contributed by atoms with E-state index in [1.807, 2.05) is 24.3 Å². The van der Waals surface area contributed by atoms with Gasteiger partial charge < -0.3 is 15.7 Å². The summed E-state index contributed by atoms with van der Waals surface area (Å²) < 4.78 is 0. The number of hydrogen-bond donors (Lipinski definition) is 3. The molecule has 0 unspecified atom stereocenters. The molecule has 1 atom stereocenters. The van der Waals surface area contributed by atoms with E-state index in [0.717, 1.165) is 11.1 Å². The lowest BCUT2D eigenvalue weighted by atomic mass is 10.00. The molecule has 6 heteroatoms. The summed E-state index contributed by atoms with van der Waals surface area (Å²) in [4.78, 5) is 33.4. The average molecular weight is 304 g/mol. The first-order valence-electron chi connectivity index (χ1n) is 6.87. The van der Waals surface area contributed by atoms with Gasteiger partial charge in [-0.1, -0.05) is 24.3 Å². The van der Waals surface area contributed by atoms with Crippen LogP contribution in [-0.2, 0) is 27.3 Å². The van der Waals surface area contributed by atoms with Crippen LogP contribution in [0.1, 0.15) is 18.1 Å². The highest BCUT2D eigenvalue weighted by Crippen LogP contribution is 2.11. The molecule has 0 aliphatic carbocycles. The molecule has 0 bridgehead atoms. The molecule has 6 nitrogen and oxygen atoms in total. The van der Waals surface area contributed by atoms with Crippen LogP contribution in [0.15, 0.2) is 36.4 Å². The lowest BCUT2D eigenvalue weighted by Gasteiger charge is -2.14. The summed E-state index contributed by atoms with van der Waals surface area (Å²) in [7, 11) is 1.59. The zero-order chi connectivity index (χ0) is 16.5. The molecule has 22 heavy (non-hydrogen) atoms. The normalized spacial score (nSPS) is 12.1. The van der Waals surface area contributed by atoms with Crippen molar-refractivity contribution in [2.24, 2.45) is 0 Å². The molecular weight excluding hydrogens is 284 g/mol. The maximum atomic E-state index is 11.6. The predicted octanol–water partition coefficient (Wildman–Crippen LogP) is 0.663. The molecule has 1 amide bonds. The van der Waals surface area contributed by atoms with E-state index in [9.17, 15) is 14.4 Å². The lowest BCUT2D eigenvalue weighted by molar-refractivity contribution is -0.139. The molecule has 0 radical (unpaired) electrons. The Bertz CT molecular complexity index is 581. The smallest absolute Gasteiger partial charge is 0.321 e. The number of carboxylic acids is 1. The van der Waals surface area contributed by atoms with Crippen LogP contribution in [0.4, 0.5) is 0 Å². The van der Waals surface area contributed by atoms with Crippen LogP contribution in [0.5, 0.6) is 0 Å². The van der Waals surface area contributed by atoms with E-state index in [1.54, 1.807) is 7.05 Å². The molecule has 0 saturated carbocycles. The van der Waals surface area contributed by atoms with Crippen molar-refractivity contribution in [3.63, 3.8) is 0 Å². The highest BCUT2D eigenvalue weighted by molar-refractivity contribution is 5.96. The monoisotopic (exact) mass is 304 g/mol. The Hall–Kier alpha value is -2.47. The fourth-order valence-electron chi connectivity index (χ4n) is 1.90. The number of aliphatic carboxylic acids is 1. The third kappa shape index (κ3) is 5.88. The molecule has 0 aliphatic rings. The van der Waals surface area contributed by atoms with Crippen molar-refractivity contribution in [3.8, 4) is 0 Å². The van der Waals surface area contributed by atoms with Crippen LogP contribution >= 0.6 is 0 Å². The highest BCUT2D eigenvalue weighted by atomic mass is 16.4. The molecule has 1 aromatic rings. The zero-order valence-electron chi connectivity index (χ0n) is 12.6. The second-order valence-corrected chi connectivity index (χ2v) is 4.81. The van der Waals surface area contributed by atoms with Crippen LogP contribution in [0, 0.1) is 0 Å². The first-order chi connectivity index (χ1) is 10.4. The van der Waals surface area contributed by atoms with Crippen molar-refractivity contribution in [1.82, 2.24) is 10.6 Å². The van der Waals surface area contributed by atoms with E-state index in [1.165, 1.54) is 19.1 Å². The van der Waals surface area contributed by atoms with Gasteiger partial charge in [0.15, 0.2) is 5.78 Å².